The molecule has 1 N–H and O–H groups in total. The molecule has 0 aliphatic carbocycles. The molecule has 0 unspecified atom stereocenters. The third-order valence-electron chi connectivity index (χ3n) is 4.81. The maximum Gasteiger partial charge on any atom is 0.224 e. The number of nitrogens with one attached hydrogen (secondary N) is 1. The van der Waals surface area contributed by atoms with Gasteiger partial charge in [0.25, 0.3) is 0 Å². The molecule has 1 aromatic carbocycles. The number of aryl methyl sites for hydroxylation is 1. The minimum Gasteiger partial charge on any atom is -0.494 e. The Labute approximate surface area is 139 Å². The first-order chi connectivity index (χ1) is 11.3. The van der Waals surface area contributed by atoms with Crippen LogP contribution in [0.3, 0.4) is 0 Å². The Bertz CT molecular complexity index is 524. The van der Waals surface area contributed by atoms with Gasteiger partial charge in [0.15, 0.2) is 0 Å². The largest absolute Gasteiger partial charge is 0.494 e. The summed E-state index contributed by atoms with van der Waals surface area (Å²) in [6.07, 6.45) is 9.16. The van der Waals surface area contributed by atoms with Gasteiger partial charge in [0.05, 0.1) is 6.61 Å². The summed E-state index contributed by atoms with van der Waals surface area (Å²) in [5, 5.41) is 2.92. The molecule has 2 aliphatic heterocycles. The van der Waals surface area contributed by atoms with E-state index in [4.69, 9.17) is 4.74 Å². The van der Waals surface area contributed by atoms with Gasteiger partial charge < -0.3 is 15.0 Å². The van der Waals surface area contributed by atoms with Gasteiger partial charge in [0.1, 0.15) is 5.75 Å². The molecule has 1 amide bonds. The lowest BCUT2D eigenvalue weighted by atomic mass is 10.0. The monoisotopic (exact) mass is 316 g/mol. The third kappa shape index (κ3) is 4.96. The highest BCUT2D eigenvalue weighted by Crippen LogP contribution is 2.27. The van der Waals surface area contributed by atoms with Crippen molar-refractivity contribution in [1.82, 2.24) is 4.90 Å². The molecule has 4 heteroatoms. The molecule has 0 radical (unpaired) electrons. The van der Waals surface area contributed by atoms with E-state index in [2.05, 4.69) is 16.3 Å². The Morgan fingerprint density at radius 2 is 1.91 bits per heavy atom. The fourth-order valence-corrected chi connectivity index (χ4v) is 3.43. The van der Waals surface area contributed by atoms with Crippen molar-refractivity contribution in [3.8, 4) is 5.75 Å². The van der Waals surface area contributed by atoms with E-state index in [0.717, 1.165) is 30.9 Å². The van der Waals surface area contributed by atoms with E-state index < -0.39 is 0 Å². The average molecular weight is 316 g/mol. The van der Waals surface area contributed by atoms with Gasteiger partial charge in [0.2, 0.25) is 5.91 Å². The van der Waals surface area contributed by atoms with Crippen LogP contribution in [0, 0.1) is 0 Å². The number of amides is 1. The van der Waals surface area contributed by atoms with Crippen LogP contribution in [0.5, 0.6) is 5.75 Å². The molecule has 23 heavy (non-hydrogen) atoms. The highest BCUT2D eigenvalue weighted by atomic mass is 16.5. The summed E-state index contributed by atoms with van der Waals surface area (Å²) in [6.45, 7) is 4.58. The molecule has 2 heterocycles. The molecule has 1 fully saturated rings. The topological polar surface area (TPSA) is 41.6 Å². The minimum absolute atomic E-state index is 0.104. The van der Waals surface area contributed by atoms with Crippen molar-refractivity contribution in [3.05, 3.63) is 23.8 Å². The van der Waals surface area contributed by atoms with Crippen LogP contribution in [0.4, 0.5) is 5.69 Å². The Hall–Kier alpha value is -1.55. The number of likely N-dealkylation sites (tertiary alicyclic amines) is 1. The average Bonchev–Trinajstić information content (AvgIpc) is 2.58. The molecule has 0 aromatic heterocycles. The zero-order valence-electron chi connectivity index (χ0n) is 14.0. The van der Waals surface area contributed by atoms with Crippen molar-refractivity contribution in [1.29, 1.82) is 0 Å². The summed E-state index contributed by atoms with van der Waals surface area (Å²) < 4.78 is 5.83. The van der Waals surface area contributed by atoms with Crippen LogP contribution in [0.25, 0.3) is 0 Å². The second-order valence-corrected chi connectivity index (χ2v) is 6.68. The van der Waals surface area contributed by atoms with Gasteiger partial charge in [-0.15, -0.1) is 0 Å². The second kappa shape index (κ2) is 8.34. The first kappa shape index (κ1) is 16.3. The number of carbonyl (C=O) groups excluding carboxylic acids is 1. The second-order valence-electron chi connectivity index (χ2n) is 6.68. The maximum absolute atomic E-state index is 11.4. The number of hydrogen-bond donors (Lipinski definition) is 1. The SMILES string of the molecule is O=C1CCc2ccc(OCCCCCN3CCCCC3)cc2N1. The fraction of sp³-hybridized carbons (Fsp3) is 0.632. The Kier molecular flexibility index (Phi) is 5.92. The van der Waals surface area contributed by atoms with Crippen LogP contribution in [0.1, 0.15) is 50.5 Å². The number of fused-ring (bicyclic) bond motifs is 1. The van der Waals surface area contributed by atoms with Gasteiger partial charge in [-0.25, -0.2) is 0 Å². The maximum atomic E-state index is 11.4. The Morgan fingerprint density at radius 1 is 1.04 bits per heavy atom. The molecule has 126 valence electrons. The van der Waals surface area contributed by atoms with Gasteiger partial charge in [0, 0.05) is 18.2 Å². The standard InChI is InChI=1S/C19H28N2O2/c22-19-10-8-16-7-9-17(15-18(16)20-19)23-14-6-2-5-13-21-11-3-1-4-12-21/h7,9,15H,1-6,8,10-14H2,(H,20,22). The molecule has 2 aliphatic rings. The van der Waals surface area contributed by atoms with E-state index in [1.165, 1.54) is 57.3 Å². The fourth-order valence-electron chi connectivity index (χ4n) is 3.43. The number of nitrogens with zero attached hydrogens (tertiary/aromatic N) is 1. The number of carbonyl (C=O) groups is 1. The van der Waals surface area contributed by atoms with Crippen molar-refractivity contribution in [2.45, 2.75) is 51.4 Å². The van der Waals surface area contributed by atoms with E-state index in [-0.39, 0.29) is 5.91 Å². The van der Waals surface area contributed by atoms with Gasteiger partial charge in [-0.1, -0.05) is 12.5 Å². The van der Waals surface area contributed by atoms with Gasteiger partial charge in [-0.2, -0.15) is 0 Å². The highest BCUT2D eigenvalue weighted by Gasteiger charge is 2.15. The highest BCUT2D eigenvalue weighted by molar-refractivity contribution is 5.94. The molecule has 0 atom stereocenters. The van der Waals surface area contributed by atoms with E-state index >= 15 is 0 Å². The van der Waals surface area contributed by atoms with Crippen LogP contribution >= 0.6 is 0 Å². The molecular formula is C19H28N2O2. The van der Waals surface area contributed by atoms with Crippen LogP contribution in [0.2, 0.25) is 0 Å². The van der Waals surface area contributed by atoms with Crippen LogP contribution < -0.4 is 10.1 Å². The molecule has 1 aromatic rings. The summed E-state index contributed by atoms with van der Waals surface area (Å²) in [4.78, 5) is 14.0. The first-order valence-electron chi connectivity index (χ1n) is 9.09. The molecular weight excluding hydrogens is 288 g/mol. The minimum atomic E-state index is 0.104. The van der Waals surface area contributed by atoms with E-state index in [1.807, 2.05) is 12.1 Å². The zero-order valence-corrected chi connectivity index (χ0v) is 14.0. The van der Waals surface area contributed by atoms with Gasteiger partial charge in [-0.3, -0.25) is 4.79 Å². The van der Waals surface area contributed by atoms with Crippen molar-refractivity contribution >= 4 is 11.6 Å². The summed E-state index contributed by atoms with van der Waals surface area (Å²) in [6, 6.07) is 6.05. The summed E-state index contributed by atoms with van der Waals surface area (Å²) in [5.74, 6) is 0.967. The smallest absolute Gasteiger partial charge is 0.224 e. The number of benzene rings is 1. The third-order valence-corrected chi connectivity index (χ3v) is 4.81. The molecule has 1 saturated heterocycles. The predicted molar refractivity (Wildman–Crippen MR) is 93.0 cm³/mol. The summed E-state index contributed by atoms with van der Waals surface area (Å²) in [5.41, 5.74) is 2.13. The number of unbranched alkanes of at least 4 members (excludes halogenated alkanes) is 2. The lowest BCUT2D eigenvalue weighted by molar-refractivity contribution is -0.116. The van der Waals surface area contributed by atoms with Crippen molar-refractivity contribution in [2.75, 3.05) is 31.6 Å². The normalized spacial score (nSPS) is 18.3. The van der Waals surface area contributed by atoms with Gasteiger partial charge in [-0.05, 0) is 69.8 Å². The molecule has 0 saturated carbocycles. The molecule has 0 bridgehead atoms. The lowest BCUT2D eigenvalue weighted by Crippen LogP contribution is -2.30. The van der Waals surface area contributed by atoms with Crippen molar-refractivity contribution in [2.24, 2.45) is 0 Å². The Balaban J connectivity index is 1.33. The lowest BCUT2D eigenvalue weighted by Gasteiger charge is -2.26. The van der Waals surface area contributed by atoms with E-state index in [0.29, 0.717) is 6.42 Å². The number of hydrogen-bond acceptors (Lipinski definition) is 3. The first-order valence-corrected chi connectivity index (χ1v) is 9.09. The number of rotatable bonds is 7. The zero-order chi connectivity index (χ0) is 15.9. The van der Waals surface area contributed by atoms with E-state index in [1.54, 1.807) is 0 Å². The van der Waals surface area contributed by atoms with Crippen molar-refractivity contribution in [3.63, 3.8) is 0 Å². The molecule has 0 spiro atoms. The van der Waals surface area contributed by atoms with Crippen LogP contribution in [-0.2, 0) is 11.2 Å². The molecule has 3 rings (SSSR count). The van der Waals surface area contributed by atoms with Crippen LogP contribution in [-0.4, -0.2) is 37.0 Å². The number of anilines is 1. The summed E-state index contributed by atoms with van der Waals surface area (Å²) in [7, 11) is 0. The quantitative estimate of drug-likeness (QED) is 0.781. The van der Waals surface area contributed by atoms with E-state index in [9.17, 15) is 4.79 Å². The number of piperidine rings is 1. The van der Waals surface area contributed by atoms with Crippen LogP contribution in [0.15, 0.2) is 18.2 Å². The van der Waals surface area contributed by atoms with Crippen molar-refractivity contribution < 1.29 is 9.53 Å². The Morgan fingerprint density at radius 3 is 2.78 bits per heavy atom. The summed E-state index contributed by atoms with van der Waals surface area (Å²) >= 11 is 0. The van der Waals surface area contributed by atoms with Gasteiger partial charge >= 0.3 is 0 Å². The number of ether oxygens (including phenoxy) is 1. The molecule has 4 nitrogen and oxygen atoms in total. The predicted octanol–water partition coefficient (Wildman–Crippen LogP) is 3.61.